The number of hydrogen-bond donors (Lipinski definition) is 1. The molecule has 2 nitrogen and oxygen atoms in total. The van der Waals surface area contributed by atoms with Crippen LogP contribution < -0.4 is 5.32 Å². The van der Waals surface area contributed by atoms with Crippen LogP contribution in [0.25, 0.3) is 10.8 Å². The minimum Gasteiger partial charge on any atom is -0.355 e. The molecule has 0 aliphatic carbocycles. The van der Waals surface area contributed by atoms with Crippen LogP contribution in [0.5, 0.6) is 0 Å². The molecule has 4 aromatic carbocycles. The Morgan fingerprint density at radius 3 is 2.12 bits per heavy atom. The third-order valence-electron chi connectivity index (χ3n) is 4.12. The highest BCUT2D eigenvalue weighted by atomic mass is 14.9. The molecule has 0 heterocycles. The van der Waals surface area contributed by atoms with Crippen molar-refractivity contribution in [2.24, 2.45) is 4.99 Å². The van der Waals surface area contributed by atoms with E-state index in [1.54, 1.807) is 0 Å². The lowest BCUT2D eigenvalue weighted by Crippen LogP contribution is -1.96. The smallest absolute Gasteiger partial charge is 0.0629 e. The first-order chi connectivity index (χ1) is 12.4. The first-order valence-electron chi connectivity index (χ1n) is 8.33. The van der Waals surface area contributed by atoms with Gasteiger partial charge in [0.1, 0.15) is 0 Å². The van der Waals surface area contributed by atoms with Gasteiger partial charge in [-0.1, -0.05) is 66.7 Å². The van der Waals surface area contributed by atoms with Gasteiger partial charge >= 0.3 is 0 Å². The molecule has 0 unspecified atom stereocenters. The molecule has 2 heteroatoms. The van der Waals surface area contributed by atoms with Gasteiger partial charge in [-0.25, -0.2) is 0 Å². The molecule has 0 bridgehead atoms. The summed E-state index contributed by atoms with van der Waals surface area (Å²) < 4.78 is 0. The summed E-state index contributed by atoms with van der Waals surface area (Å²) in [5.74, 6) is 0. The summed E-state index contributed by atoms with van der Waals surface area (Å²) in [5, 5.41) is 5.90. The second-order valence-corrected chi connectivity index (χ2v) is 5.83. The summed E-state index contributed by atoms with van der Waals surface area (Å²) in [4.78, 5) is 4.66. The van der Waals surface area contributed by atoms with Crippen molar-refractivity contribution < 1.29 is 0 Å². The van der Waals surface area contributed by atoms with Crippen LogP contribution in [0.4, 0.5) is 17.1 Å². The molecule has 4 aromatic rings. The Bertz CT molecular complexity index is 1010. The Morgan fingerprint density at radius 2 is 1.32 bits per heavy atom. The number of nitrogens with zero attached hydrogens (tertiary/aromatic N) is 1. The quantitative estimate of drug-likeness (QED) is 0.436. The first-order valence-corrected chi connectivity index (χ1v) is 8.33. The molecular weight excluding hydrogens is 304 g/mol. The Kier molecular flexibility index (Phi) is 4.25. The van der Waals surface area contributed by atoms with Crippen molar-refractivity contribution in [3.8, 4) is 0 Å². The van der Waals surface area contributed by atoms with Crippen molar-refractivity contribution in [1.82, 2.24) is 0 Å². The van der Waals surface area contributed by atoms with Gasteiger partial charge in [0.05, 0.1) is 5.69 Å². The number of fused-ring (bicyclic) bond motifs is 1. The molecule has 4 rings (SSSR count). The molecule has 25 heavy (non-hydrogen) atoms. The highest BCUT2D eigenvalue weighted by Crippen LogP contribution is 2.28. The van der Waals surface area contributed by atoms with Crippen LogP contribution in [0.15, 0.2) is 102 Å². The molecule has 0 spiro atoms. The molecular formula is C23H18N2. The summed E-state index contributed by atoms with van der Waals surface area (Å²) in [6.07, 6.45) is 1.95. The zero-order valence-electron chi connectivity index (χ0n) is 13.8. The fourth-order valence-corrected chi connectivity index (χ4v) is 2.87. The van der Waals surface area contributed by atoms with E-state index in [9.17, 15) is 0 Å². The normalized spacial score (nSPS) is 11.0. The highest BCUT2D eigenvalue weighted by molar-refractivity contribution is 6.06. The van der Waals surface area contributed by atoms with Crippen LogP contribution in [0.3, 0.4) is 0 Å². The molecule has 0 radical (unpaired) electrons. The van der Waals surface area contributed by atoms with E-state index < -0.39 is 0 Å². The number of aliphatic imine (C=N–C) groups is 1. The number of hydrogen-bond acceptors (Lipinski definition) is 2. The van der Waals surface area contributed by atoms with Crippen molar-refractivity contribution in [1.29, 1.82) is 0 Å². The third-order valence-corrected chi connectivity index (χ3v) is 4.12. The Morgan fingerprint density at radius 1 is 0.640 bits per heavy atom. The summed E-state index contributed by atoms with van der Waals surface area (Å²) in [7, 11) is 0. The average molecular weight is 322 g/mol. The van der Waals surface area contributed by atoms with E-state index >= 15 is 0 Å². The van der Waals surface area contributed by atoms with Gasteiger partial charge < -0.3 is 5.32 Å². The van der Waals surface area contributed by atoms with Crippen LogP contribution in [0.1, 0.15) is 5.56 Å². The van der Waals surface area contributed by atoms with Crippen LogP contribution in [0.2, 0.25) is 0 Å². The maximum atomic E-state index is 4.66. The van der Waals surface area contributed by atoms with Crippen LogP contribution >= 0.6 is 0 Å². The van der Waals surface area contributed by atoms with Gasteiger partial charge in [-0.15, -0.1) is 0 Å². The van der Waals surface area contributed by atoms with E-state index in [0.717, 1.165) is 22.6 Å². The largest absolute Gasteiger partial charge is 0.355 e. The van der Waals surface area contributed by atoms with Gasteiger partial charge in [0.15, 0.2) is 0 Å². The number of benzene rings is 4. The lowest BCUT2D eigenvalue weighted by molar-refractivity contribution is 1.52. The Hall–Kier alpha value is -3.39. The second-order valence-electron chi connectivity index (χ2n) is 5.83. The molecule has 0 saturated carbocycles. The zero-order chi connectivity index (χ0) is 16.9. The molecule has 0 amide bonds. The molecule has 0 aromatic heterocycles. The third kappa shape index (κ3) is 3.43. The van der Waals surface area contributed by atoms with Gasteiger partial charge in [-0.2, -0.15) is 0 Å². The van der Waals surface area contributed by atoms with E-state index in [1.165, 1.54) is 10.8 Å². The molecule has 0 aliphatic rings. The maximum absolute atomic E-state index is 4.66. The van der Waals surface area contributed by atoms with E-state index in [-0.39, 0.29) is 0 Å². The lowest BCUT2D eigenvalue weighted by Gasteiger charge is -2.12. The van der Waals surface area contributed by atoms with E-state index in [0.29, 0.717) is 0 Å². The molecule has 0 saturated heterocycles. The zero-order valence-corrected chi connectivity index (χ0v) is 13.8. The molecule has 120 valence electrons. The SMILES string of the molecule is C(=Nc1ccccc1)c1c(Nc2ccccc2)ccc2ccccc12. The number of nitrogens with one attached hydrogen (secondary N) is 1. The minimum absolute atomic E-state index is 0.945. The fourth-order valence-electron chi connectivity index (χ4n) is 2.87. The molecule has 0 atom stereocenters. The van der Waals surface area contributed by atoms with Crippen molar-refractivity contribution >= 4 is 34.0 Å². The van der Waals surface area contributed by atoms with Gasteiger partial charge in [-0.3, -0.25) is 4.99 Å². The number of rotatable bonds is 4. The van der Waals surface area contributed by atoms with Crippen LogP contribution in [-0.2, 0) is 0 Å². The second kappa shape index (κ2) is 7.02. The Balaban J connectivity index is 1.81. The van der Waals surface area contributed by atoms with Crippen molar-refractivity contribution in [2.45, 2.75) is 0 Å². The lowest BCUT2D eigenvalue weighted by atomic mass is 10.0. The standard InChI is InChI=1S/C23H18N2/c1-3-10-19(11-4-1)24-17-22-21-14-8-7-9-18(21)15-16-23(22)25-20-12-5-2-6-13-20/h1-17,25H. The van der Waals surface area contributed by atoms with Gasteiger partial charge in [0, 0.05) is 23.2 Å². The van der Waals surface area contributed by atoms with Crippen LogP contribution in [0, 0.1) is 0 Å². The first kappa shape index (κ1) is 15.2. The molecule has 0 fully saturated rings. The van der Waals surface area contributed by atoms with Gasteiger partial charge in [-0.05, 0) is 41.1 Å². The monoisotopic (exact) mass is 322 g/mol. The maximum Gasteiger partial charge on any atom is 0.0629 e. The predicted molar refractivity (Wildman–Crippen MR) is 107 cm³/mol. The molecule has 0 aliphatic heterocycles. The minimum atomic E-state index is 0.945. The van der Waals surface area contributed by atoms with Crippen LogP contribution in [-0.4, -0.2) is 6.21 Å². The van der Waals surface area contributed by atoms with Crippen molar-refractivity contribution in [3.63, 3.8) is 0 Å². The van der Waals surface area contributed by atoms with Gasteiger partial charge in [0.25, 0.3) is 0 Å². The molecule has 1 N–H and O–H groups in total. The average Bonchev–Trinajstić information content (AvgIpc) is 2.68. The number of para-hydroxylation sites is 2. The number of anilines is 2. The topological polar surface area (TPSA) is 24.4 Å². The van der Waals surface area contributed by atoms with E-state index in [4.69, 9.17) is 0 Å². The summed E-state index contributed by atoms with van der Waals surface area (Å²) in [6, 6.07) is 32.8. The van der Waals surface area contributed by atoms with E-state index in [2.05, 4.69) is 58.8 Å². The summed E-state index contributed by atoms with van der Waals surface area (Å²) >= 11 is 0. The van der Waals surface area contributed by atoms with Crippen molar-refractivity contribution in [2.75, 3.05) is 5.32 Å². The van der Waals surface area contributed by atoms with E-state index in [1.807, 2.05) is 54.7 Å². The fraction of sp³-hybridized carbons (Fsp3) is 0. The highest BCUT2D eigenvalue weighted by Gasteiger charge is 2.06. The summed E-state index contributed by atoms with van der Waals surface area (Å²) in [5.41, 5.74) is 4.14. The summed E-state index contributed by atoms with van der Waals surface area (Å²) in [6.45, 7) is 0. The predicted octanol–water partition coefficient (Wildman–Crippen LogP) is 6.33. The van der Waals surface area contributed by atoms with Crippen molar-refractivity contribution in [3.05, 3.63) is 103 Å². The Labute approximate surface area is 147 Å². The van der Waals surface area contributed by atoms with Gasteiger partial charge in [0.2, 0.25) is 0 Å².